The van der Waals surface area contributed by atoms with Crippen molar-refractivity contribution in [2.75, 3.05) is 5.32 Å². The highest BCUT2D eigenvalue weighted by molar-refractivity contribution is 6.02. The molecule has 2 amide bonds. The number of rotatable bonds is 7. The largest absolute Gasteiger partial charge is 0.340 e. The molecule has 0 bridgehead atoms. The molecule has 0 saturated heterocycles. The summed E-state index contributed by atoms with van der Waals surface area (Å²) in [6.07, 6.45) is 5.30. The number of benzene rings is 3. The zero-order valence-corrected chi connectivity index (χ0v) is 21.1. The lowest BCUT2D eigenvalue weighted by Crippen LogP contribution is -2.45. The van der Waals surface area contributed by atoms with E-state index in [4.69, 9.17) is 0 Å². The number of anilines is 1. The molecule has 0 aliphatic rings. The van der Waals surface area contributed by atoms with Crippen LogP contribution in [0, 0.1) is 6.92 Å². The van der Waals surface area contributed by atoms with Crippen molar-refractivity contribution in [3.05, 3.63) is 108 Å². The van der Waals surface area contributed by atoms with Gasteiger partial charge in [0, 0.05) is 36.0 Å². The third-order valence-electron chi connectivity index (χ3n) is 6.54. The molecular formula is C30H25N7O2. The van der Waals surface area contributed by atoms with Crippen molar-refractivity contribution in [2.24, 2.45) is 0 Å². The van der Waals surface area contributed by atoms with E-state index in [2.05, 4.69) is 35.6 Å². The van der Waals surface area contributed by atoms with E-state index in [0.29, 0.717) is 35.0 Å². The molecule has 3 heterocycles. The molecule has 0 aliphatic heterocycles. The lowest BCUT2D eigenvalue weighted by Gasteiger charge is -2.18. The fourth-order valence-electron chi connectivity index (χ4n) is 4.43. The summed E-state index contributed by atoms with van der Waals surface area (Å²) in [5.74, 6) is 0.181. The monoisotopic (exact) mass is 515 g/mol. The van der Waals surface area contributed by atoms with Gasteiger partial charge in [-0.15, -0.1) is 0 Å². The zero-order chi connectivity index (χ0) is 26.8. The fourth-order valence-corrected chi connectivity index (χ4v) is 4.43. The van der Waals surface area contributed by atoms with Gasteiger partial charge in [-0.1, -0.05) is 54.1 Å². The number of imidazole rings is 2. The van der Waals surface area contributed by atoms with E-state index in [9.17, 15) is 9.59 Å². The minimum atomic E-state index is -0.822. The summed E-state index contributed by atoms with van der Waals surface area (Å²) in [6.45, 7) is 2.00. The molecule has 0 aliphatic carbocycles. The van der Waals surface area contributed by atoms with Crippen LogP contribution >= 0.6 is 0 Å². The van der Waals surface area contributed by atoms with Crippen molar-refractivity contribution in [1.29, 1.82) is 0 Å². The molecule has 192 valence electrons. The molecule has 0 saturated carbocycles. The lowest BCUT2D eigenvalue weighted by molar-refractivity contribution is -0.118. The van der Waals surface area contributed by atoms with Gasteiger partial charge in [0.2, 0.25) is 11.9 Å². The van der Waals surface area contributed by atoms with E-state index in [0.717, 1.165) is 27.4 Å². The maximum absolute atomic E-state index is 13.3. The molecule has 1 atom stereocenters. The first-order chi connectivity index (χ1) is 19.0. The summed E-state index contributed by atoms with van der Waals surface area (Å²) in [6, 6.07) is 22.2. The van der Waals surface area contributed by atoms with Crippen LogP contribution in [-0.2, 0) is 11.2 Å². The highest BCUT2D eigenvalue weighted by atomic mass is 16.2. The molecule has 6 rings (SSSR count). The number of hydrogen-bond acceptors (Lipinski definition) is 5. The zero-order valence-electron chi connectivity index (χ0n) is 21.1. The van der Waals surface area contributed by atoms with Crippen LogP contribution in [0.1, 0.15) is 21.5 Å². The summed E-state index contributed by atoms with van der Waals surface area (Å²) in [5, 5.41) is 7.73. The number of amides is 2. The average molecular weight is 516 g/mol. The van der Waals surface area contributed by atoms with Crippen LogP contribution in [-0.4, -0.2) is 42.8 Å². The first-order valence-electron chi connectivity index (χ1n) is 12.5. The van der Waals surface area contributed by atoms with Crippen LogP contribution in [0.15, 0.2) is 91.4 Å². The van der Waals surface area contributed by atoms with Crippen molar-refractivity contribution in [2.45, 2.75) is 19.4 Å². The first kappa shape index (κ1) is 24.1. The number of pyridine rings is 1. The molecule has 4 N–H and O–H groups in total. The number of aryl methyl sites for hydroxylation is 1. The van der Waals surface area contributed by atoms with Crippen LogP contribution in [0.5, 0.6) is 0 Å². The second-order valence-electron chi connectivity index (χ2n) is 9.38. The van der Waals surface area contributed by atoms with Crippen molar-refractivity contribution in [3.63, 3.8) is 0 Å². The minimum Gasteiger partial charge on any atom is -0.340 e. The molecule has 9 nitrogen and oxygen atoms in total. The number of fused-ring (bicyclic) bond motifs is 2. The Morgan fingerprint density at radius 2 is 1.77 bits per heavy atom. The number of nitrogens with one attached hydrogen (secondary N) is 4. The molecule has 39 heavy (non-hydrogen) atoms. The third kappa shape index (κ3) is 5.24. The van der Waals surface area contributed by atoms with E-state index >= 15 is 0 Å². The second kappa shape index (κ2) is 10.2. The quantitative estimate of drug-likeness (QED) is 0.243. The molecule has 9 heteroatoms. The van der Waals surface area contributed by atoms with Crippen molar-refractivity contribution >= 4 is 39.6 Å². The maximum Gasteiger partial charge on any atom is 0.252 e. The van der Waals surface area contributed by atoms with Crippen molar-refractivity contribution < 1.29 is 9.59 Å². The number of carbonyl (C=O) groups is 2. The first-order valence-corrected chi connectivity index (χ1v) is 12.5. The van der Waals surface area contributed by atoms with E-state index in [1.165, 1.54) is 0 Å². The van der Waals surface area contributed by atoms with Gasteiger partial charge >= 0.3 is 0 Å². The van der Waals surface area contributed by atoms with Crippen molar-refractivity contribution in [3.8, 4) is 11.5 Å². The summed E-state index contributed by atoms with van der Waals surface area (Å²) in [4.78, 5) is 45.8. The van der Waals surface area contributed by atoms with Gasteiger partial charge in [0.1, 0.15) is 11.7 Å². The number of hydrogen-bond donors (Lipinski definition) is 4. The Morgan fingerprint density at radius 3 is 2.56 bits per heavy atom. The fraction of sp³-hybridized carbons (Fsp3) is 0.100. The Kier molecular flexibility index (Phi) is 6.30. The summed E-state index contributed by atoms with van der Waals surface area (Å²) < 4.78 is 0. The highest BCUT2D eigenvalue weighted by Gasteiger charge is 2.23. The number of carbonyl (C=O) groups excluding carboxylic acids is 2. The van der Waals surface area contributed by atoms with Gasteiger partial charge in [0.15, 0.2) is 5.82 Å². The topological polar surface area (TPSA) is 128 Å². The van der Waals surface area contributed by atoms with Gasteiger partial charge < -0.3 is 15.3 Å². The van der Waals surface area contributed by atoms with Gasteiger partial charge in [-0.3, -0.25) is 19.9 Å². The predicted molar refractivity (Wildman–Crippen MR) is 150 cm³/mol. The summed E-state index contributed by atoms with van der Waals surface area (Å²) in [7, 11) is 0. The normalized spacial score (nSPS) is 11.9. The molecule has 3 aromatic heterocycles. The van der Waals surface area contributed by atoms with Crippen LogP contribution in [0.3, 0.4) is 0 Å². The SMILES string of the molecule is Cc1ccc(C[C@H](NC(=O)c2ccc3[nH]c(-c4cc5ccccc5cn4)nc3c2)C(=O)Nc2ncc[nH]2)cc1. The van der Waals surface area contributed by atoms with E-state index in [1.54, 1.807) is 30.6 Å². The van der Waals surface area contributed by atoms with Gasteiger partial charge in [0.25, 0.3) is 5.91 Å². The predicted octanol–water partition coefficient (Wildman–Crippen LogP) is 4.79. The van der Waals surface area contributed by atoms with Crippen LogP contribution in [0.25, 0.3) is 33.3 Å². The van der Waals surface area contributed by atoms with Gasteiger partial charge in [-0.2, -0.15) is 0 Å². The maximum atomic E-state index is 13.3. The van der Waals surface area contributed by atoms with Crippen LogP contribution in [0.2, 0.25) is 0 Å². The molecule has 0 spiro atoms. The Morgan fingerprint density at radius 1 is 0.949 bits per heavy atom. The van der Waals surface area contributed by atoms with Crippen molar-refractivity contribution in [1.82, 2.24) is 30.2 Å². The number of H-pyrrole nitrogens is 2. The Bertz CT molecular complexity index is 1790. The third-order valence-corrected chi connectivity index (χ3v) is 6.54. The Balaban J connectivity index is 1.25. The molecule has 3 aromatic carbocycles. The number of nitrogens with zero attached hydrogens (tertiary/aromatic N) is 3. The van der Waals surface area contributed by atoms with E-state index < -0.39 is 6.04 Å². The van der Waals surface area contributed by atoms with E-state index in [-0.39, 0.29) is 11.8 Å². The van der Waals surface area contributed by atoms with Gasteiger partial charge in [-0.25, -0.2) is 9.97 Å². The molecule has 0 fully saturated rings. The summed E-state index contributed by atoms with van der Waals surface area (Å²) in [5.41, 5.74) is 4.56. The average Bonchev–Trinajstić information content (AvgIpc) is 3.63. The Hall–Kier alpha value is -5.31. The summed E-state index contributed by atoms with van der Waals surface area (Å²) >= 11 is 0. The highest BCUT2D eigenvalue weighted by Crippen LogP contribution is 2.23. The molecule has 0 radical (unpaired) electrons. The van der Waals surface area contributed by atoms with Crippen LogP contribution < -0.4 is 10.6 Å². The Labute approximate surface area is 223 Å². The smallest absolute Gasteiger partial charge is 0.252 e. The number of aromatic nitrogens is 5. The van der Waals surface area contributed by atoms with Gasteiger partial charge in [0.05, 0.1) is 11.0 Å². The molecular weight excluding hydrogens is 490 g/mol. The lowest BCUT2D eigenvalue weighted by atomic mass is 10.0. The molecule has 0 unspecified atom stereocenters. The van der Waals surface area contributed by atoms with Gasteiger partial charge in [-0.05, 0) is 42.1 Å². The minimum absolute atomic E-state index is 0.316. The second-order valence-corrected chi connectivity index (χ2v) is 9.38. The molecule has 6 aromatic rings. The van der Waals surface area contributed by atoms with Crippen LogP contribution in [0.4, 0.5) is 5.95 Å². The van der Waals surface area contributed by atoms with E-state index in [1.807, 2.05) is 67.7 Å². The standard InChI is InChI=1S/C30H25N7O2/c1-18-6-8-19(9-7-18)14-26(29(39)37-30-31-12-13-32-30)36-28(38)21-10-11-23-24(16-21)35-27(34-23)25-15-20-4-2-3-5-22(20)17-33-25/h2-13,15-17,26H,14H2,1H3,(H,34,35)(H,36,38)(H2,31,32,37,39)/t26-/m0/s1. The number of aromatic amines is 2.